The van der Waals surface area contributed by atoms with Crippen LogP contribution in [0, 0.1) is 17.0 Å². The molecular formula is C20H17ClN4O5S. The Morgan fingerprint density at radius 3 is 2.19 bits per heavy atom. The van der Waals surface area contributed by atoms with Gasteiger partial charge in [0.1, 0.15) is 0 Å². The van der Waals surface area contributed by atoms with Crippen LogP contribution in [-0.2, 0) is 10.0 Å². The molecule has 11 heteroatoms. The highest BCUT2D eigenvalue weighted by molar-refractivity contribution is 7.92. The van der Waals surface area contributed by atoms with Crippen LogP contribution in [0.25, 0.3) is 0 Å². The number of hydrogen-bond donors (Lipinski definition) is 3. The maximum atomic E-state index is 12.8. The molecule has 31 heavy (non-hydrogen) atoms. The lowest BCUT2D eigenvalue weighted by Crippen LogP contribution is -2.20. The van der Waals surface area contributed by atoms with Crippen molar-refractivity contribution in [1.29, 1.82) is 0 Å². The van der Waals surface area contributed by atoms with Crippen molar-refractivity contribution in [3.05, 3.63) is 87.4 Å². The number of carbonyl (C=O) groups is 1. The molecule has 0 bridgehead atoms. The first-order chi connectivity index (χ1) is 14.6. The molecule has 0 saturated carbocycles. The zero-order chi connectivity index (χ0) is 22.6. The number of hydrogen-bond acceptors (Lipinski definition) is 5. The van der Waals surface area contributed by atoms with E-state index < -0.39 is 21.0 Å². The van der Waals surface area contributed by atoms with Crippen LogP contribution in [0.5, 0.6) is 0 Å². The highest BCUT2D eigenvalue weighted by Gasteiger charge is 2.18. The molecule has 3 N–H and O–H groups in total. The second-order valence-corrected chi connectivity index (χ2v) is 8.57. The van der Waals surface area contributed by atoms with Gasteiger partial charge in [0.25, 0.3) is 15.7 Å². The van der Waals surface area contributed by atoms with Crippen molar-refractivity contribution < 1.29 is 18.1 Å². The smallest absolute Gasteiger partial charge is 0.308 e. The number of nitrogens with zero attached hydrogens (tertiary/aromatic N) is 1. The monoisotopic (exact) mass is 460 g/mol. The number of benzene rings is 3. The largest absolute Gasteiger partial charge is 0.323 e. The Hall–Kier alpha value is -3.63. The first-order valence-corrected chi connectivity index (χ1v) is 10.7. The van der Waals surface area contributed by atoms with Crippen molar-refractivity contribution in [2.24, 2.45) is 0 Å². The number of nitro benzene ring substituents is 1. The van der Waals surface area contributed by atoms with Crippen LogP contribution in [0.4, 0.5) is 27.5 Å². The van der Waals surface area contributed by atoms with Gasteiger partial charge in [0.05, 0.1) is 9.82 Å². The SMILES string of the molecule is Cc1ccc(NC(=O)Nc2cccc([N+](=O)[O-])c2)cc1S(=O)(=O)Nc1ccc(Cl)cc1. The molecule has 3 rings (SSSR count). The first kappa shape index (κ1) is 22.1. The molecule has 0 atom stereocenters. The third-order valence-electron chi connectivity index (χ3n) is 4.15. The van der Waals surface area contributed by atoms with Crippen molar-refractivity contribution in [1.82, 2.24) is 0 Å². The number of nitrogens with one attached hydrogen (secondary N) is 3. The molecule has 3 aromatic carbocycles. The van der Waals surface area contributed by atoms with Crippen molar-refractivity contribution in [3.63, 3.8) is 0 Å². The fraction of sp³-hybridized carbons (Fsp3) is 0.0500. The Kier molecular flexibility index (Phi) is 6.42. The van der Waals surface area contributed by atoms with E-state index in [-0.39, 0.29) is 22.0 Å². The van der Waals surface area contributed by atoms with Gasteiger partial charge in [0.15, 0.2) is 0 Å². The minimum absolute atomic E-state index is 0.0180. The summed E-state index contributed by atoms with van der Waals surface area (Å²) in [5, 5.41) is 16.3. The Balaban J connectivity index is 1.77. The molecule has 0 heterocycles. The van der Waals surface area contributed by atoms with E-state index in [9.17, 15) is 23.3 Å². The number of rotatable bonds is 6. The van der Waals surface area contributed by atoms with E-state index in [1.54, 1.807) is 31.2 Å². The van der Waals surface area contributed by atoms with E-state index in [1.165, 1.54) is 42.5 Å². The molecule has 160 valence electrons. The van der Waals surface area contributed by atoms with Crippen LogP contribution in [0.1, 0.15) is 5.56 Å². The predicted octanol–water partition coefficient (Wildman–Crippen LogP) is 5.00. The summed E-state index contributed by atoms with van der Waals surface area (Å²) in [6, 6.07) is 15.4. The first-order valence-electron chi connectivity index (χ1n) is 8.85. The van der Waals surface area contributed by atoms with Crippen LogP contribution in [-0.4, -0.2) is 19.4 Å². The quantitative estimate of drug-likeness (QED) is 0.352. The van der Waals surface area contributed by atoms with Gasteiger partial charge in [-0.2, -0.15) is 0 Å². The maximum Gasteiger partial charge on any atom is 0.323 e. The molecule has 0 aliphatic carbocycles. The second-order valence-electron chi connectivity index (χ2n) is 6.48. The molecule has 0 unspecified atom stereocenters. The molecule has 0 fully saturated rings. The number of halogens is 1. The van der Waals surface area contributed by atoms with Crippen molar-refractivity contribution in [3.8, 4) is 0 Å². The third kappa shape index (κ3) is 5.71. The Morgan fingerprint density at radius 2 is 1.55 bits per heavy atom. The number of anilines is 3. The highest BCUT2D eigenvalue weighted by Crippen LogP contribution is 2.24. The summed E-state index contributed by atoms with van der Waals surface area (Å²) in [5.74, 6) is 0. The zero-order valence-corrected chi connectivity index (χ0v) is 17.7. The molecule has 0 aliphatic heterocycles. The number of non-ortho nitro benzene ring substituents is 1. The van der Waals surface area contributed by atoms with Gasteiger partial charge in [0, 0.05) is 34.2 Å². The van der Waals surface area contributed by atoms with E-state index in [0.717, 1.165) is 0 Å². The summed E-state index contributed by atoms with van der Waals surface area (Å²) in [6.07, 6.45) is 0. The van der Waals surface area contributed by atoms with Gasteiger partial charge < -0.3 is 10.6 Å². The number of nitro groups is 1. The molecule has 9 nitrogen and oxygen atoms in total. The van der Waals surface area contributed by atoms with Gasteiger partial charge >= 0.3 is 6.03 Å². The molecule has 0 radical (unpaired) electrons. The molecule has 3 aromatic rings. The van der Waals surface area contributed by atoms with Crippen molar-refractivity contribution in [2.45, 2.75) is 11.8 Å². The maximum absolute atomic E-state index is 12.8. The number of carbonyl (C=O) groups excluding carboxylic acids is 1. The lowest BCUT2D eigenvalue weighted by Gasteiger charge is -2.13. The summed E-state index contributed by atoms with van der Waals surface area (Å²) in [5.41, 5.74) is 1.09. The summed E-state index contributed by atoms with van der Waals surface area (Å²) in [4.78, 5) is 22.5. The lowest BCUT2D eigenvalue weighted by molar-refractivity contribution is -0.384. The van der Waals surface area contributed by atoms with Gasteiger partial charge in [-0.25, -0.2) is 13.2 Å². The molecule has 0 aliphatic rings. The topological polar surface area (TPSA) is 130 Å². The summed E-state index contributed by atoms with van der Waals surface area (Å²) < 4.78 is 28.1. The molecule has 0 saturated heterocycles. The number of urea groups is 1. The minimum atomic E-state index is -3.93. The number of aryl methyl sites for hydroxylation is 1. The van der Waals surface area contributed by atoms with Gasteiger partial charge in [-0.1, -0.05) is 23.7 Å². The third-order valence-corrected chi connectivity index (χ3v) is 5.92. The van der Waals surface area contributed by atoms with Crippen molar-refractivity contribution >= 4 is 50.4 Å². The molecule has 2 amide bonds. The van der Waals surface area contributed by atoms with Crippen LogP contribution in [0.15, 0.2) is 71.6 Å². The van der Waals surface area contributed by atoms with Crippen LogP contribution >= 0.6 is 11.6 Å². The molecule has 0 aromatic heterocycles. The fourth-order valence-electron chi connectivity index (χ4n) is 2.69. The molecular weight excluding hydrogens is 444 g/mol. The summed E-state index contributed by atoms with van der Waals surface area (Å²) >= 11 is 5.82. The lowest BCUT2D eigenvalue weighted by atomic mass is 10.2. The van der Waals surface area contributed by atoms with E-state index in [1.807, 2.05) is 0 Å². The average Bonchev–Trinajstić information content (AvgIpc) is 2.71. The van der Waals surface area contributed by atoms with Gasteiger partial charge in [-0.15, -0.1) is 0 Å². The number of amides is 2. The van der Waals surface area contributed by atoms with Gasteiger partial charge in [0.2, 0.25) is 0 Å². The van der Waals surface area contributed by atoms with E-state index >= 15 is 0 Å². The summed E-state index contributed by atoms with van der Waals surface area (Å²) in [6.45, 7) is 1.63. The zero-order valence-electron chi connectivity index (χ0n) is 16.1. The van der Waals surface area contributed by atoms with Gasteiger partial charge in [-0.05, 0) is 55.0 Å². The minimum Gasteiger partial charge on any atom is -0.308 e. The van der Waals surface area contributed by atoms with E-state index in [0.29, 0.717) is 16.3 Å². The van der Waals surface area contributed by atoms with Crippen LogP contribution < -0.4 is 15.4 Å². The Labute approximate surface area is 183 Å². The molecule has 0 spiro atoms. The average molecular weight is 461 g/mol. The Morgan fingerprint density at radius 1 is 0.935 bits per heavy atom. The Bertz CT molecular complexity index is 1250. The number of sulfonamides is 1. The predicted molar refractivity (Wildman–Crippen MR) is 119 cm³/mol. The standard InChI is InChI=1S/C20H17ClN4O5S/c1-13-5-8-17(23-20(26)22-16-3-2-4-18(11-16)25(27)28)12-19(13)31(29,30)24-15-9-6-14(21)7-10-15/h2-12,24H,1H3,(H2,22,23,26). The van der Waals surface area contributed by atoms with E-state index in [2.05, 4.69) is 15.4 Å². The highest BCUT2D eigenvalue weighted by atomic mass is 35.5. The second kappa shape index (κ2) is 9.02. The van der Waals surface area contributed by atoms with Crippen LogP contribution in [0.3, 0.4) is 0 Å². The van der Waals surface area contributed by atoms with Crippen LogP contribution in [0.2, 0.25) is 5.02 Å². The fourth-order valence-corrected chi connectivity index (χ4v) is 4.14. The van der Waals surface area contributed by atoms with E-state index in [4.69, 9.17) is 11.6 Å². The van der Waals surface area contributed by atoms with Crippen molar-refractivity contribution in [2.75, 3.05) is 15.4 Å². The van der Waals surface area contributed by atoms with Gasteiger partial charge in [-0.3, -0.25) is 14.8 Å². The normalized spacial score (nSPS) is 10.9. The summed E-state index contributed by atoms with van der Waals surface area (Å²) in [7, 11) is -3.93.